The molecule has 1 aliphatic carbocycles. The summed E-state index contributed by atoms with van der Waals surface area (Å²) in [7, 11) is 0. The highest BCUT2D eigenvalue weighted by atomic mass is 16.5. The second kappa shape index (κ2) is 5.49. The predicted molar refractivity (Wildman–Crippen MR) is 80.6 cm³/mol. The molecule has 0 aromatic carbocycles. The molecular formula is C16H16N4O3. The lowest BCUT2D eigenvalue weighted by atomic mass is 10.1. The average molecular weight is 312 g/mol. The molecular weight excluding hydrogens is 296 g/mol. The molecule has 0 bridgehead atoms. The van der Waals surface area contributed by atoms with Gasteiger partial charge in [-0.3, -0.25) is 14.5 Å². The Bertz CT molecular complexity index is 740. The normalized spacial score (nSPS) is 18.3. The van der Waals surface area contributed by atoms with Crippen LogP contribution >= 0.6 is 0 Å². The minimum Gasteiger partial charge on any atom is -0.351 e. The van der Waals surface area contributed by atoms with Crippen LogP contribution in [-0.4, -0.2) is 39.4 Å². The summed E-state index contributed by atoms with van der Waals surface area (Å²) in [5, 5.41) is 3.58. The number of carbonyl (C=O) groups excluding carboxylic acids is 2. The zero-order valence-corrected chi connectivity index (χ0v) is 12.5. The molecule has 0 spiro atoms. The number of rotatable bonds is 2. The summed E-state index contributed by atoms with van der Waals surface area (Å²) in [6.07, 6.45) is 5.48. The monoisotopic (exact) mass is 312 g/mol. The molecule has 2 aromatic heterocycles. The van der Waals surface area contributed by atoms with Gasteiger partial charge in [0.15, 0.2) is 0 Å². The number of amides is 2. The molecule has 3 heterocycles. The van der Waals surface area contributed by atoms with Crippen LogP contribution in [0.4, 0.5) is 5.82 Å². The number of hydrogen-bond acceptors (Lipinski definition) is 5. The minimum absolute atomic E-state index is 0.0809. The zero-order valence-electron chi connectivity index (χ0n) is 12.5. The van der Waals surface area contributed by atoms with Crippen molar-refractivity contribution in [3.05, 3.63) is 41.9 Å². The smallest absolute Gasteiger partial charge is 0.298 e. The molecule has 2 amide bonds. The van der Waals surface area contributed by atoms with E-state index in [1.165, 1.54) is 17.2 Å². The van der Waals surface area contributed by atoms with Crippen molar-refractivity contribution in [3.8, 4) is 0 Å². The summed E-state index contributed by atoms with van der Waals surface area (Å²) in [4.78, 5) is 32.9. The zero-order chi connectivity index (χ0) is 15.8. The van der Waals surface area contributed by atoms with E-state index in [1.807, 2.05) is 17.0 Å². The van der Waals surface area contributed by atoms with Gasteiger partial charge in [-0.25, -0.2) is 4.98 Å². The maximum atomic E-state index is 12.7. The second-order valence-corrected chi connectivity index (χ2v) is 5.82. The Morgan fingerprint density at radius 3 is 2.87 bits per heavy atom. The van der Waals surface area contributed by atoms with E-state index in [0.29, 0.717) is 18.4 Å². The van der Waals surface area contributed by atoms with Gasteiger partial charge >= 0.3 is 0 Å². The van der Waals surface area contributed by atoms with Crippen LogP contribution in [0.1, 0.15) is 35.4 Å². The molecule has 0 radical (unpaired) electrons. The molecule has 7 nitrogen and oxygen atoms in total. The van der Waals surface area contributed by atoms with Crippen LogP contribution in [0.3, 0.4) is 0 Å². The van der Waals surface area contributed by atoms with Crippen LogP contribution in [0.2, 0.25) is 0 Å². The van der Waals surface area contributed by atoms with Crippen molar-refractivity contribution in [2.24, 2.45) is 0 Å². The van der Waals surface area contributed by atoms with Gasteiger partial charge in [0.2, 0.25) is 11.7 Å². The lowest BCUT2D eigenvalue weighted by molar-refractivity contribution is -0.132. The highest BCUT2D eigenvalue weighted by Gasteiger charge is 2.36. The van der Waals surface area contributed by atoms with Crippen molar-refractivity contribution in [3.63, 3.8) is 0 Å². The third-order valence-electron chi connectivity index (χ3n) is 4.21. The number of anilines is 1. The van der Waals surface area contributed by atoms with Gasteiger partial charge in [-0.2, -0.15) is 0 Å². The van der Waals surface area contributed by atoms with E-state index in [-0.39, 0.29) is 30.5 Å². The highest BCUT2D eigenvalue weighted by molar-refractivity contribution is 6.04. The largest absolute Gasteiger partial charge is 0.351 e. The van der Waals surface area contributed by atoms with Gasteiger partial charge in [0.05, 0.1) is 6.20 Å². The number of fused-ring (bicyclic) bond motifs is 1. The van der Waals surface area contributed by atoms with E-state index in [9.17, 15) is 9.59 Å². The number of pyridine rings is 1. The van der Waals surface area contributed by atoms with E-state index >= 15 is 0 Å². The van der Waals surface area contributed by atoms with Crippen LogP contribution in [0, 0.1) is 0 Å². The fourth-order valence-electron chi connectivity index (χ4n) is 2.90. The van der Waals surface area contributed by atoms with Crippen LogP contribution in [-0.2, 0) is 11.3 Å². The van der Waals surface area contributed by atoms with E-state index in [0.717, 1.165) is 18.4 Å². The Balaban J connectivity index is 1.71. The van der Waals surface area contributed by atoms with Gasteiger partial charge in [0, 0.05) is 43.4 Å². The maximum Gasteiger partial charge on any atom is 0.298 e. The molecule has 0 unspecified atom stereocenters. The summed E-state index contributed by atoms with van der Waals surface area (Å²) in [6.45, 7) is 0.776. The first-order valence-corrected chi connectivity index (χ1v) is 7.70. The fraction of sp³-hybridized carbons (Fsp3) is 0.375. The average Bonchev–Trinajstić information content (AvgIpc) is 3.24. The summed E-state index contributed by atoms with van der Waals surface area (Å²) in [6, 6.07) is 5.60. The molecule has 0 saturated heterocycles. The standard InChI is InChI=1S/C16H16N4O3/c21-14-6-9-19(16(22)13-5-8-18-23-13)15-11(2-1-7-17-15)10-20(14)12-3-4-12/h1-2,5,7-8,12H,3-4,6,9-10H2. The quantitative estimate of drug-likeness (QED) is 0.841. The van der Waals surface area contributed by atoms with Crippen molar-refractivity contribution in [1.82, 2.24) is 15.0 Å². The van der Waals surface area contributed by atoms with Crippen molar-refractivity contribution in [1.29, 1.82) is 0 Å². The summed E-state index contributed by atoms with van der Waals surface area (Å²) in [5.74, 6) is 0.494. The van der Waals surface area contributed by atoms with Crippen molar-refractivity contribution in [2.75, 3.05) is 11.4 Å². The first-order chi connectivity index (χ1) is 11.2. The number of aromatic nitrogens is 2. The van der Waals surface area contributed by atoms with E-state index in [4.69, 9.17) is 4.52 Å². The Hall–Kier alpha value is -2.70. The fourth-order valence-corrected chi connectivity index (χ4v) is 2.90. The van der Waals surface area contributed by atoms with Gasteiger partial charge in [0.1, 0.15) is 5.82 Å². The Morgan fingerprint density at radius 1 is 1.26 bits per heavy atom. The molecule has 1 fully saturated rings. The first kappa shape index (κ1) is 13.9. The third-order valence-corrected chi connectivity index (χ3v) is 4.21. The Morgan fingerprint density at radius 2 is 2.13 bits per heavy atom. The van der Waals surface area contributed by atoms with E-state index in [1.54, 1.807) is 6.20 Å². The Labute approximate surface area is 132 Å². The second-order valence-electron chi connectivity index (χ2n) is 5.82. The van der Waals surface area contributed by atoms with Crippen LogP contribution in [0.5, 0.6) is 0 Å². The Kier molecular flexibility index (Phi) is 3.33. The summed E-state index contributed by atoms with van der Waals surface area (Å²) < 4.78 is 4.97. The minimum atomic E-state index is -0.324. The molecule has 7 heteroatoms. The molecule has 1 aliphatic heterocycles. The number of nitrogens with zero attached hydrogens (tertiary/aromatic N) is 4. The van der Waals surface area contributed by atoms with Crippen LogP contribution in [0.15, 0.2) is 35.1 Å². The molecule has 118 valence electrons. The SMILES string of the molecule is O=C(c1ccno1)N1CCC(=O)N(C2CC2)Cc2cccnc21. The van der Waals surface area contributed by atoms with E-state index < -0.39 is 0 Å². The number of hydrogen-bond donors (Lipinski definition) is 0. The third kappa shape index (κ3) is 2.58. The topological polar surface area (TPSA) is 79.5 Å². The lowest BCUT2D eigenvalue weighted by Gasteiger charge is -2.30. The predicted octanol–water partition coefficient (Wildman–Crippen LogP) is 1.61. The van der Waals surface area contributed by atoms with Gasteiger partial charge < -0.3 is 9.42 Å². The van der Waals surface area contributed by atoms with Gasteiger partial charge in [0.25, 0.3) is 5.91 Å². The lowest BCUT2D eigenvalue weighted by Crippen LogP contribution is -2.41. The maximum absolute atomic E-state index is 12.7. The first-order valence-electron chi connectivity index (χ1n) is 7.70. The molecule has 4 rings (SSSR count). The van der Waals surface area contributed by atoms with Crippen LogP contribution in [0.25, 0.3) is 0 Å². The molecule has 2 aromatic rings. The summed E-state index contributed by atoms with van der Waals surface area (Å²) in [5.41, 5.74) is 0.875. The van der Waals surface area contributed by atoms with Crippen molar-refractivity contribution >= 4 is 17.6 Å². The van der Waals surface area contributed by atoms with E-state index in [2.05, 4.69) is 10.1 Å². The summed E-state index contributed by atoms with van der Waals surface area (Å²) >= 11 is 0. The highest BCUT2D eigenvalue weighted by Crippen LogP contribution is 2.32. The molecule has 0 atom stereocenters. The molecule has 23 heavy (non-hydrogen) atoms. The van der Waals surface area contributed by atoms with Gasteiger partial charge in [-0.1, -0.05) is 11.2 Å². The number of carbonyl (C=O) groups is 2. The molecule has 0 N–H and O–H groups in total. The van der Waals surface area contributed by atoms with Crippen molar-refractivity contribution < 1.29 is 14.1 Å². The van der Waals surface area contributed by atoms with Gasteiger partial charge in [-0.15, -0.1) is 0 Å². The molecule has 1 saturated carbocycles. The van der Waals surface area contributed by atoms with Gasteiger partial charge in [-0.05, 0) is 18.9 Å². The van der Waals surface area contributed by atoms with Crippen LogP contribution < -0.4 is 4.90 Å². The van der Waals surface area contributed by atoms with Crippen molar-refractivity contribution in [2.45, 2.75) is 31.8 Å². The molecule has 2 aliphatic rings.